The Kier molecular flexibility index (Phi) is 5.96. The molecular formula is C24H29N5O3. The number of nitrogens with zero attached hydrogens (tertiary/aromatic N) is 4. The fraction of sp³-hybridized carbons (Fsp3) is 0.417. The van der Waals surface area contributed by atoms with Crippen molar-refractivity contribution in [2.24, 2.45) is 0 Å². The Morgan fingerprint density at radius 3 is 2.69 bits per heavy atom. The Labute approximate surface area is 187 Å². The Morgan fingerprint density at radius 2 is 1.97 bits per heavy atom. The number of amides is 1. The quantitative estimate of drug-likeness (QED) is 0.680. The summed E-state index contributed by atoms with van der Waals surface area (Å²) in [6.07, 6.45) is 3.68. The average molecular weight is 436 g/mol. The summed E-state index contributed by atoms with van der Waals surface area (Å²) in [6.45, 7) is 7.46. The van der Waals surface area contributed by atoms with Gasteiger partial charge < -0.3 is 24.6 Å². The molecule has 32 heavy (non-hydrogen) atoms. The molecule has 3 aromatic rings. The second-order valence-electron chi connectivity index (χ2n) is 8.15. The Balaban J connectivity index is 1.34. The van der Waals surface area contributed by atoms with E-state index in [2.05, 4.69) is 57.9 Å². The fourth-order valence-electron chi connectivity index (χ4n) is 4.46. The molecule has 1 aromatic carbocycles. The van der Waals surface area contributed by atoms with Crippen LogP contribution < -0.4 is 10.2 Å². The van der Waals surface area contributed by atoms with Gasteiger partial charge in [0.15, 0.2) is 0 Å². The standard InChI is InChI=1S/C24H29N5O3/c1-2-32-24(30)28-12-10-27(11-13-28)22-7-8-26-29-16-20(15-23(22)29)18-3-5-19(6-4-18)21-17-31-14-9-25-21/h3-8,15-16,21,25H,2,9-14,17H2,1H3. The highest BCUT2D eigenvalue weighted by atomic mass is 16.6. The first-order valence-electron chi connectivity index (χ1n) is 11.3. The van der Waals surface area contributed by atoms with Gasteiger partial charge in [-0.05, 0) is 30.2 Å². The van der Waals surface area contributed by atoms with Crippen LogP contribution in [0.3, 0.4) is 0 Å². The number of carbonyl (C=O) groups is 1. The number of morpholine rings is 1. The van der Waals surface area contributed by atoms with Crippen molar-refractivity contribution in [2.45, 2.75) is 13.0 Å². The maximum absolute atomic E-state index is 12.0. The van der Waals surface area contributed by atoms with E-state index in [1.165, 1.54) is 5.56 Å². The molecule has 168 valence electrons. The number of carbonyl (C=O) groups excluding carboxylic acids is 1. The van der Waals surface area contributed by atoms with E-state index in [-0.39, 0.29) is 12.1 Å². The summed E-state index contributed by atoms with van der Waals surface area (Å²) in [5.74, 6) is 0. The van der Waals surface area contributed by atoms with Crippen LogP contribution in [0.5, 0.6) is 0 Å². The van der Waals surface area contributed by atoms with Crippen LogP contribution in [0, 0.1) is 0 Å². The van der Waals surface area contributed by atoms with Crippen LogP contribution in [0.2, 0.25) is 0 Å². The van der Waals surface area contributed by atoms with Gasteiger partial charge in [-0.3, -0.25) is 0 Å². The molecule has 1 N–H and O–H groups in total. The van der Waals surface area contributed by atoms with Gasteiger partial charge in [-0.2, -0.15) is 5.10 Å². The van der Waals surface area contributed by atoms with Crippen molar-refractivity contribution in [3.8, 4) is 11.1 Å². The second-order valence-corrected chi connectivity index (χ2v) is 8.15. The lowest BCUT2D eigenvalue weighted by Gasteiger charge is -2.35. The Bertz CT molecular complexity index is 1070. The van der Waals surface area contributed by atoms with Crippen molar-refractivity contribution in [2.75, 3.05) is 57.4 Å². The Hall–Kier alpha value is -3.10. The van der Waals surface area contributed by atoms with E-state index < -0.39 is 0 Å². The molecule has 0 radical (unpaired) electrons. The van der Waals surface area contributed by atoms with Crippen LogP contribution in [0.1, 0.15) is 18.5 Å². The van der Waals surface area contributed by atoms with Crippen molar-refractivity contribution in [3.63, 3.8) is 0 Å². The van der Waals surface area contributed by atoms with E-state index in [4.69, 9.17) is 9.47 Å². The number of hydrogen-bond donors (Lipinski definition) is 1. The third-order valence-electron chi connectivity index (χ3n) is 6.20. The van der Waals surface area contributed by atoms with Gasteiger partial charge in [-0.1, -0.05) is 24.3 Å². The molecule has 8 heteroatoms. The van der Waals surface area contributed by atoms with Crippen molar-refractivity contribution >= 4 is 17.3 Å². The maximum Gasteiger partial charge on any atom is 0.409 e. The smallest absolute Gasteiger partial charge is 0.409 e. The van der Waals surface area contributed by atoms with E-state index in [0.29, 0.717) is 26.3 Å². The summed E-state index contributed by atoms with van der Waals surface area (Å²) in [7, 11) is 0. The minimum absolute atomic E-state index is 0.226. The van der Waals surface area contributed by atoms with Crippen LogP contribution in [0.15, 0.2) is 48.8 Å². The van der Waals surface area contributed by atoms with E-state index >= 15 is 0 Å². The van der Waals surface area contributed by atoms with Crippen LogP contribution in [0.4, 0.5) is 10.5 Å². The van der Waals surface area contributed by atoms with Crippen LogP contribution in [0.25, 0.3) is 16.6 Å². The topological polar surface area (TPSA) is 71.3 Å². The molecule has 4 heterocycles. The number of rotatable bonds is 4. The first-order valence-corrected chi connectivity index (χ1v) is 11.3. The molecule has 1 atom stereocenters. The monoisotopic (exact) mass is 435 g/mol. The van der Waals surface area contributed by atoms with E-state index in [1.807, 2.05) is 17.6 Å². The molecule has 0 bridgehead atoms. The predicted molar refractivity (Wildman–Crippen MR) is 123 cm³/mol. The van der Waals surface area contributed by atoms with Gasteiger partial charge >= 0.3 is 6.09 Å². The third-order valence-corrected chi connectivity index (χ3v) is 6.20. The zero-order valence-electron chi connectivity index (χ0n) is 18.4. The number of aromatic nitrogens is 2. The van der Waals surface area contributed by atoms with Crippen LogP contribution in [-0.2, 0) is 9.47 Å². The van der Waals surface area contributed by atoms with Gasteiger partial charge in [0.2, 0.25) is 0 Å². The van der Waals surface area contributed by atoms with E-state index in [1.54, 1.807) is 4.90 Å². The fourth-order valence-corrected chi connectivity index (χ4v) is 4.46. The zero-order valence-corrected chi connectivity index (χ0v) is 18.4. The van der Waals surface area contributed by atoms with Gasteiger partial charge in [-0.25, -0.2) is 9.31 Å². The number of ether oxygens (including phenoxy) is 2. The summed E-state index contributed by atoms with van der Waals surface area (Å²) in [5.41, 5.74) is 5.74. The molecule has 1 amide bonds. The number of fused-ring (bicyclic) bond motifs is 1. The maximum atomic E-state index is 12.0. The summed E-state index contributed by atoms with van der Waals surface area (Å²) in [5, 5.41) is 8.02. The van der Waals surface area contributed by atoms with Crippen molar-refractivity contribution in [1.82, 2.24) is 19.8 Å². The van der Waals surface area contributed by atoms with Crippen molar-refractivity contribution in [3.05, 3.63) is 54.4 Å². The largest absolute Gasteiger partial charge is 0.450 e. The van der Waals surface area contributed by atoms with Crippen LogP contribution >= 0.6 is 0 Å². The summed E-state index contributed by atoms with van der Waals surface area (Å²) >= 11 is 0. The molecule has 0 aliphatic carbocycles. The predicted octanol–water partition coefficient (Wildman–Crippen LogP) is 2.94. The summed E-state index contributed by atoms with van der Waals surface area (Å²) in [4.78, 5) is 16.1. The molecule has 2 saturated heterocycles. The lowest BCUT2D eigenvalue weighted by Crippen LogP contribution is -2.49. The number of benzene rings is 1. The third kappa shape index (κ3) is 4.16. The van der Waals surface area contributed by atoms with Crippen LogP contribution in [-0.4, -0.2) is 73.2 Å². The number of nitrogens with one attached hydrogen (secondary N) is 1. The molecule has 2 fully saturated rings. The lowest BCUT2D eigenvalue weighted by molar-refractivity contribution is 0.0769. The average Bonchev–Trinajstić information content (AvgIpc) is 3.30. The van der Waals surface area contributed by atoms with E-state index in [0.717, 1.165) is 48.6 Å². The van der Waals surface area contributed by atoms with Gasteiger partial charge in [0.1, 0.15) is 0 Å². The molecule has 2 aliphatic rings. The van der Waals surface area contributed by atoms with Gasteiger partial charge in [-0.15, -0.1) is 0 Å². The number of hydrogen-bond acceptors (Lipinski definition) is 6. The molecule has 2 aliphatic heterocycles. The molecule has 2 aromatic heterocycles. The minimum Gasteiger partial charge on any atom is -0.450 e. The molecule has 1 unspecified atom stereocenters. The van der Waals surface area contributed by atoms with Crippen molar-refractivity contribution in [1.29, 1.82) is 0 Å². The van der Waals surface area contributed by atoms with Crippen molar-refractivity contribution < 1.29 is 14.3 Å². The number of piperazine rings is 1. The minimum atomic E-state index is -0.226. The SMILES string of the molecule is CCOC(=O)N1CCN(c2ccnn3cc(-c4ccc(C5COCCN5)cc4)cc23)CC1. The Morgan fingerprint density at radius 1 is 1.16 bits per heavy atom. The normalized spacial score (nSPS) is 19.3. The van der Waals surface area contributed by atoms with Gasteiger partial charge in [0.25, 0.3) is 0 Å². The molecule has 5 rings (SSSR count). The van der Waals surface area contributed by atoms with Gasteiger partial charge in [0, 0.05) is 50.7 Å². The first kappa shape index (κ1) is 20.8. The highest BCUT2D eigenvalue weighted by Crippen LogP contribution is 2.29. The van der Waals surface area contributed by atoms with E-state index in [9.17, 15) is 4.79 Å². The first-order chi connectivity index (χ1) is 15.7. The lowest BCUT2D eigenvalue weighted by atomic mass is 10.0. The molecule has 0 spiro atoms. The number of anilines is 1. The van der Waals surface area contributed by atoms with Gasteiger partial charge in [0.05, 0.1) is 37.1 Å². The highest BCUT2D eigenvalue weighted by molar-refractivity contribution is 5.80. The summed E-state index contributed by atoms with van der Waals surface area (Å²) in [6, 6.07) is 13.2. The summed E-state index contributed by atoms with van der Waals surface area (Å²) < 4.78 is 12.7. The second kappa shape index (κ2) is 9.18. The molecule has 0 saturated carbocycles. The zero-order chi connectivity index (χ0) is 21.9. The molecular weight excluding hydrogens is 406 g/mol. The molecule has 8 nitrogen and oxygen atoms in total. The highest BCUT2D eigenvalue weighted by Gasteiger charge is 2.23.